The van der Waals surface area contributed by atoms with E-state index in [0.717, 1.165) is 0 Å². The molecular formula is C2H5N3O3. The lowest BCUT2D eigenvalue weighted by molar-refractivity contribution is -0.725. The van der Waals surface area contributed by atoms with E-state index in [1.165, 1.54) is 7.05 Å². The largest absolute Gasteiger partial charge is 0.355 e. The molecule has 0 heterocycles. The fourth-order valence-electron chi connectivity index (χ4n) is 0.120. The quantitative estimate of drug-likeness (QED) is 0.208. The molecule has 8 heavy (non-hydrogen) atoms. The van der Waals surface area contributed by atoms with Gasteiger partial charge in [0.25, 0.3) is 6.02 Å². The van der Waals surface area contributed by atoms with Gasteiger partial charge < -0.3 is 5.32 Å². The van der Waals surface area contributed by atoms with Gasteiger partial charge in [-0.15, -0.1) is 10.1 Å². The summed E-state index contributed by atoms with van der Waals surface area (Å²) in [4.78, 5) is 13.0. The average molecular weight is 119 g/mol. The predicted molar refractivity (Wildman–Crippen MR) is 24.9 cm³/mol. The minimum atomic E-state index is -1.06. The van der Waals surface area contributed by atoms with Crippen LogP contribution in [-0.2, 0) is 4.84 Å². The molecule has 0 fully saturated rings. The first kappa shape index (κ1) is 6.67. The second-order valence-corrected chi connectivity index (χ2v) is 0.894. The van der Waals surface area contributed by atoms with E-state index in [2.05, 4.69) is 10.2 Å². The summed E-state index contributed by atoms with van der Waals surface area (Å²) in [5.74, 6) is 0. The van der Waals surface area contributed by atoms with E-state index < -0.39 is 11.1 Å². The molecule has 0 amide bonds. The lowest BCUT2D eigenvalue weighted by Crippen LogP contribution is -2.22. The van der Waals surface area contributed by atoms with Crippen molar-refractivity contribution in [2.24, 2.45) is 0 Å². The van der Waals surface area contributed by atoms with Crippen LogP contribution in [0.15, 0.2) is 0 Å². The molecule has 0 saturated carbocycles. The van der Waals surface area contributed by atoms with Gasteiger partial charge in [-0.25, -0.2) is 4.84 Å². The Morgan fingerprint density at radius 3 is 2.62 bits per heavy atom. The van der Waals surface area contributed by atoms with Crippen molar-refractivity contribution in [3.63, 3.8) is 0 Å². The summed E-state index contributed by atoms with van der Waals surface area (Å²) in [5, 5.41) is 16.9. The van der Waals surface area contributed by atoms with Crippen molar-refractivity contribution < 1.29 is 9.92 Å². The number of amidine groups is 1. The van der Waals surface area contributed by atoms with Gasteiger partial charge in [0.05, 0.1) is 0 Å². The maximum Gasteiger partial charge on any atom is 0.302 e. The summed E-state index contributed by atoms with van der Waals surface area (Å²) in [6.07, 6.45) is 0. The normalized spacial score (nSPS) is 7.62. The third kappa shape index (κ3) is 2.88. The van der Waals surface area contributed by atoms with Crippen LogP contribution in [0, 0.1) is 15.5 Å². The molecule has 0 radical (unpaired) electrons. The number of nitrogens with zero attached hydrogens (tertiary/aromatic N) is 1. The second-order valence-electron chi connectivity index (χ2n) is 0.894. The third-order valence-corrected chi connectivity index (χ3v) is 0.393. The first-order valence-electron chi connectivity index (χ1n) is 1.75. The van der Waals surface area contributed by atoms with Crippen molar-refractivity contribution in [3.8, 4) is 0 Å². The van der Waals surface area contributed by atoms with Crippen molar-refractivity contribution >= 4 is 6.02 Å². The molecule has 0 aliphatic rings. The van der Waals surface area contributed by atoms with E-state index >= 15 is 0 Å². The van der Waals surface area contributed by atoms with Gasteiger partial charge in [0.15, 0.2) is 0 Å². The van der Waals surface area contributed by atoms with Gasteiger partial charge in [-0.1, -0.05) is 0 Å². The molecule has 6 heteroatoms. The van der Waals surface area contributed by atoms with Gasteiger partial charge >= 0.3 is 5.09 Å². The van der Waals surface area contributed by atoms with Gasteiger partial charge in [0.1, 0.15) is 0 Å². The molecule has 0 aromatic rings. The molecule has 0 unspecified atom stereocenters. The Morgan fingerprint density at radius 1 is 2.00 bits per heavy atom. The summed E-state index contributed by atoms with van der Waals surface area (Å²) in [6, 6.07) is -0.574. The van der Waals surface area contributed by atoms with Gasteiger partial charge in [-0.2, -0.15) is 0 Å². The molecule has 0 aromatic carbocycles. The van der Waals surface area contributed by atoms with Crippen LogP contribution in [-0.4, -0.2) is 18.2 Å². The first-order chi connectivity index (χ1) is 3.66. The summed E-state index contributed by atoms with van der Waals surface area (Å²) in [7, 11) is 1.35. The van der Waals surface area contributed by atoms with Crippen LogP contribution in [0.25, 0.3) is 0 Å². The van der Waals surface area contributed by atoms with E-state index in [1.54, 1.807) is 0 Å². The number of hydrogen-bond acceptors (Lipinski definition) is 4. The Kier molecular flexibility index (Phi) is 2.32. The van der Waals surface area contributed by atoms with E-state index in [0.29, 0.717) is 0 Å². The average Bonchev–Trinajstić information content (AvgIpc) is 1.65. The zero-order chi connectivity index (χ0) is 6.57. The van der Waals surface area contributed by atoms with Crippen LogP contribution in [0.4, 0.5) is 0 Å². The highest BCUT2D eigenvalue weighted by atomic mass is 17.0. The summed E-state index contributed by atoms with van der Waals surface area (Å²) in [5.41, 5.74) is 0. The van der Waals surface area contributed by atoms with Crippen molar-refractivity contribution in [2.45, 2.75) is 0 Å². The fourth-order valence-corrected chi connectivity index (χ4v) is 0.120. The van der Waals surface area contributed by atoms with Gasteiger partial charge in [0, 0.05) is 7.05 Å². The Bertz CT molecular complexity index is 111. The third-order valence-electron chi connectivity index (χ3n) is 0.393. The molecule has 0 bridgehead atoms. The number of rotatable bonds is 1. The Labute approximate surface area is 45.1 Å². The van der Waals surface area contributed by atoms with E-state index in [-0.39, 0.29) is 0 Å². The van der Waals surface area contributed by atoms with E-state index in [9.17, 15) is 10.1 Å². The van der Waals surface area contributed by atoms with Gasteiger partial charge in [0.2, 0.25) is 0 Å². The van der Waals surface area contributed by atoms with E-state index in [1.807, 2.05) is 0 Å². The Balaban J connectivity index is 3.40. The maximum absolute atomic E-state index is 9.37. The highest BCUT2D eigenvalue weighted by Gasteiger charge is 1.96. The SMILES string of the molecule is CNC(=N)O[N+](=O)[O-]. The van der Waals surface area contributed by atoms with Crippen molar-refractivity contribution in [3.05, 3.63) is 10.1 Å². The molecule has 6 nitrogen and oxygen atoms in total. The van der Waals surface area contributed by atoms with Gasteiger partial charge in [-0.05, 0) is 0 Å². The van der Waals surface area contributed by atoms with Crippen LogP contribution < -0.4 is 5.32 Å². The molecule has 46 valence electrons. The molecule has 0 aromatic heterocycles. The summed E-state index contributed by atoms with van der Waals surface area (Å²) < 4.78 is 0. The minimum Gasteiger partial charge on any atom is -0.355 e. The molecule has 0 aliphatic carbocycles. The standard InChI is InChI=1S/C2H5N3O3/c1-4-2(3)8-5(6)7/h1H3,(H2,3,4). The second kappa shape index (κ2) is 2.78. The number of hydrogen-bond donors (Lipinski definition) is 2. The van der Waals surface area contributed by atoms with Crippen LogP contribution in [0.1, 0.15) is 0 Å². The Morgan fingerprint density at radius 2 is 2.50 bits per heavy atom. The van der Waals surface area contributed by atoms with Crippen LogP contribution in [0.5, 0.6) is 0 Å². The topological polar surface area (TPSA) is 88.2 Å². The lowest BCUT2D eigenvalue weighted by atomic mass is 11.1. The smallest absolute Gasteiger partial charge is 0.302 e. The molecule has 0 rings (SSSR count). The van der Waals surface area contributed by atoms with Gasteiger partial charge in [-0.3, -0.25) is 5.41 Å². The fraction of sp³-hybridized carbons (Fsp3) is 0.500. The molecule has 0 aliphatic heterocycles. The highest BCUT2D eigenvalue weighted by molar-refractivity contribution is 5.68. The monoisotopic (exact) mass is 119 g/mol. The molecule has 0 atom stereocenters. The predicted octanol–water partition coefficient (Wildman–Crippen LogP) is -0.651. The van der Waals surface area contributed by atoms with E-state index in [4.69, 9.17) is 5.41 Å². The van der Waals surface area contributed by atoms with Crippen molar-refractivity contribution in [2.75, 3.05) is 7.05 Å². The summed E-state index contributed by atoms with van der Waals surface area (Å²) in [6.45, 7) is 0. The van der Waals surface area contributed by atoms with Crippen LogP contribution >= 0.6 is 0 Å². The molecule has 2 N–H and O–H groups in total. The highest BCUT2D eigenvalue weighted by Crippen LogP contribution is 1.70. The zero-order valence-electron chi connectivity index (χ0n) is 4.17. The number of nitrogens with one attached hydrogen (secondary N) is 2. The molecular weight excluding hydrogens is 114 g/mol. The first-order valence-corrected chi connectivity index (χ1v) is 1.75. The van der Waals surface area contributed by atoms with Crippen molar-refractivity contribution in [1.82, 2.24) is 5.32 Å². The summed E-state index contributed by atoms with van der Waals surface area (Å²) >= 11 is 0. The maximum atomic E-state index is 9.37. The van der Waals surface area contributed by atoms with Crippen LogP contribution in [0.3, 0.4) is 0 Å². The zero-order valence-corrected chi connectivity index (χ0v) is 4.17. The Hall–Kier alpha value is -1.33. The molecule has 0 saturated heterocycles. The van der Waals surface area contributed by atoms with Crippen LogP contribution in [0.2, 0.25) is 0 Å². The molecule has 0 spiro atoms. The minimum absolute atomic E-state index is 0.574. The lowest BCUT2D eigenvalue weighted by Gasteiger charge is -1.94. The van der Waals surface area contributed by atoms with Crippen molar-refractivity contribution in [1.29, 1.82) is 5.41 Å².